The highest BCUT2D eigenvalue weighted by atomic mass is 19.1. The third-order valence-electron chi connectivity index (χ3n) is 3.54. The molecular formula is C15H18FNO. The van der Waals surface area contributed by atoms with Crippen molar-refractivity contribution in [2.75, 3.05) is 6.61 Å². The van der Waals surface area contributed by atoms with Crippen molar-refractivity contribution < 1.29 is 9.13 Å². The molecule has 0 saturated heterocycles. The predicted molar refractivity (Wildman–Crippen MR) is 67.3 cm³/mol. The summed E-state index contributed by atoms with van der Waals surface area (Å²) in [6.07, 6.45) is 6.34. The van der Waals surface area contributed by atoms with Crippen LogP contribution in [0.2, 0.25) is 0 Å². The van der Waals surface area contributed by atoms with E-state index >= 15 is 0 Å². The van der Waals surface area contributed by atoms with E-state index in [1.54, 1.807) is 12.1 Å². The Balaban J connectivity index is 1.84. The highest BCUT2D eigenvalue weighted by Gasteiger charge is 2.14. The van der Waals surface area contributed by atoms with Gasteiger partial charge in [0.2, 0.25) is 0 Å². The summed E-state index contributed by atoms with van der Waals surface area (Å²) in [7, 11) is 0. The average molecular weight is 247 g/mol. The number of benzene rings is 1. The van der Waals surface area contributed by atoms with Crippen molar-refractivity contribution in [3.63, 3.8) is 0 Å². The highest BCUT2D eigenvalue weighted by Crippen LogP contribution is 2.24. The first-order chi connectivity index (χ1) is 8.81. The van der Waals surface area contributed by atoms with Crippen molar-refractivity contribution in [1.29, 1.82) is 5.26 Å². The van der Waals surface area contributed by atoms with E-state index in [1.807, 2.05) is 6.07 Å². The Morgan fingerprint density at radius 1 is 1.28 bits per heavy atom. The summed E-state index contributed by atoms with van der Waals surface area (Å²) in [6, 6.07) is 6.70. The number of halogens is 1. The average Bonchev–Trinajstić information content (AvgIpc) is 2.42. The molecular weight excluding hydrogens is 229 g/mol. The Morgan fingerprint density at radius 2 is 2.06 bits per heavy atom. The number of hydrogen-bond acceptors (Lipinski definition) is 2. The molecule has 0 bridgehead atoms. The van der Waals surface area contributed by atoms with E-state index in [2.05, 4.69) is 0 Å². The van der Waals surface area contributed by atoms with Crippen LogP contribution in [0.5, 0.6) is 0 Å². The molecule has 2 nitrogen and oxygen atoms in total. The van der Waals surface area contributed by atoms with Gasteiger partial charge in [0, 0.05) is 12.2 Å². The minimum Gasteiger partial charge on any atom is -0.376 e. The first-order valence-corrected chi connectivity index (χ1v) is 6.56. The third kappa shape index (κ3) is 3.30. The zero-order valence-corrected chi connectivity index (χ0v) is 10.5. The minimum absolute atomic E-state index is 0.0915. The molecule has 0 amide bonds. The van der Waals surface area contributed by atoms with Crippen molar-refractivity contribution in [2.45, 2.75) is 38.7 Å². The van der Waals surface area contributed by atoms with Gasteiger partial charge in [-0.05, 0) is 24.8 Å². The van der Waals surface area contributed by atoms with Crippen molar-refractivity contribution >= 4 is 0 Å². The third-order valence-corrected chi connectivity index (χ3v) is 3.54. The Morgan fingerprint density at radius 3 is 2.78 bits per heavy atom. The first kappa shape index (κ1) is 13.0. The van der Waals surface area contributed by atoms with E-state index < -0.39 is 5.82 Å². The Kier molecular flexibility index (Phi) is 4.72. The van der Waals surface area contributed by atoms with Crippen LogP contribution in [0.4, 0.5) is 4.39 Å². The SMILES string of the molecule is N#Cc1cccc(COCC2CCCCC2)c1F. The largest absolute Gasteiger partial charge is 0.376 e. The molecule has 0 unspecified atom stereocenters. The molecule has 0 aromatic heterocycles. The fourth-order valence-electron chi connectivity index (χ4n) is 2.47. The van der Waals surface area contributed by atoms with E-state index in [0.717, 1.165) is 0 Å². The second-order valence-electron chi connectivity index (χ2n) is 4.91. The maximum atomic E-state index is 13.7. The van der Waals surface area contributed by atoms with E-state index in [0.29, 0.717) is 18.1 Å². The van der Waals surface area contributed by atoms with E-state index in [9.17, 15) is 4.39 Å². The van der Waals surface area contributed by atoms with Crippen LogP contribution in [-0.4, -0.2) is 6.61 Å². The van der Waals surface area contributed by atoms with Crippen molar-refractivity contribution in [2.24, 2.45) is 5.92 Å². The molecule has 1 saturated carbocycles. The quantitative estimate of drug-likeness (QED) is 0.810. The molecule has 1 aliphatic rings. The van der Waals surface area contributed by atoms with Crippen LogP contribution in [0.25, 0.3) is 0 Å². The maximum Gasteiger partial charge on any atom is 0.146 e. The van der Waals surface area contributed by atoms with Gasteiger partial charge >= 0.3 is 0 Å². The van der Waals surface area contributed by atoms with E-state index in [-0.39, 0.29) is 12.2 Å². The van der Waals surface area contributed by atoms with Gasteiger partial charge in [0.15, 0.2) is 0 Å². The van der Waals surface area contributed by atoms with Gasteiger partial charge in [-0.2, -0.15) is 5.26 Å². The monoisotopic (exact) mass is 247 g/mol. The first-order valence-electron chi connectivity index (χ1n) is 6.56. The van der Waals surface area contributed by atoms with Gasteiger partial charge in [-0.1, -0.05) is 31.4 Å². The van der Waals surface area contributed by atoms with Gasteiger partial charge < -0.3 is 4.74 Å². The zero-order chi connectivity index (χ0) is 12.8. The second-order valence-corrected chi connectivity index (χ2v) is 4.91. The molecule has 0 aliphatic heterocycles. The summed E-state index contributed by atoms with van der Waals surface area (Å²) in [6.45, 7) is 0.966. The van der Waals surface area contributed by atoms with Crippen molar-refractivity contribution in [3.8, 4) is 6.07 Å². The lowest BCUT2D eigenvalue weighted by atomic mass is 9.90. The van der Waals surface area contributed by atoms with Crippen LogP contribution < -0.4 is 0 Å². The van der Waals surface area contributed by atoms with Crippen LogP contribution in [-0.2, 0) is 11.3 Å². The van der Waals surface area contributed by atoms with Gasteiger partial charge in [-0.25, -0.2) is 4.39 Å². The van der Waals surface area contributed by atoms with Crippen LogP contribution in [0, 0.1) is 23.1 Å². The molecule has 0 spiro atoms. The number of nitrogens with zero attached hydrogens (tertiary/aromatic N) is 1. The van der Waals surface area contributed by atoms with Crippen molar-refractivity contribution in [1.82, 2.24) is 0 Å². The normalized spacial score (nSPS) is 16.4. The summed E-state index contributed by atoms with van der Waals surface area (Å²) in [4.78, 5) is 0. The van der Waals surface area contributed by atoms with Crippen LogP contribution in [0.15, 0.2) is 18.2 Å². The lowest BCUT2D eigenvalue weighted by Gasteiger charge is -2.21. The zero-order valence-electron chi connectivity index (χ0n) is 10.5. The lowest BCUT2D eigenvalue weighted by molar-refractivity contribution is 0.0723. The smallest absolute Gasteiger partial charge is 0.146 e. The fourth-order valence-corrected chi connectivity index (χ4v) is 2.47. The summed E-state index contributed by atoms with van der Waals surface area (Å²) in [5, 5.41) is 8.74. The summed E-state index contributed by atoms with van der Waals surface area (Å²) in [5.74, 6) is 0.185. The summed E-state index contributed by atoms with van der Waals surface area (Å²) in [5.41, 5.74) is 0.568. The van der Waals surface area contributed by atoms with Gasteiger partial charge in [0.05, 0.1) is 12.2 Å². The molecule has 96 valence electrons. The summed E-state index contributed by atoms with van der Waals surface area (Å²) >= 11 is 0. The number of nitriles is 1. The molecule has 18 heavy (non-hydrogen) atoms. The topological polar surface area (TPSA) is 33.0 Å². The molecule has 1 aromatic carbocycles. The standard InChI is InChI=1S/C15H18FNO/c16-15-13(9-17)7-4-8-14(15)11-18-10-12-5-2-1-3-6-12/h4,7-8,12H,1-3,5-6,10-11H2. The molecule has 3 heteroatoms. The second kappa shape index (κ2) is 6.51. The Bertz CT molecular complexity index is 433. The number of ether oxygens (including phenoxy) is 1. The molecule has 0 N–H and O–H groups in total. The summed E-state index contributed by atoms with van der Waals surface area (Å²) < 4.78 is 19.3. The van der Waals surface area contributed by atoms with Crippen LogP contribution >= 0.6 is 0 Å². The molecule has 0 heterocycles. The molecule has 0 atom stereocenters. The molecule has 1 aromatic rings. The van der Waals surface area contributed by atoms with Gasteiger partial charge in [-0.3, -0.25) is 0 Å². The van der Waals surface area contributed by atoms with E-state index in [1.165, 1.54) is 38.2 Å². The fraction of sp³-hybridized carbons (Fsp3) is 0.533. The molecule has 0 radical (unpaired) electrons. The number of hydrogen-bond donors (Lipinski definition) is 0. The highest BCUT2D eigenvalue weighted by molar-refractivity contribution is 5.34. The Labute approximate surface area is 107 Å². The van der Waals surface area contributed by atoms with Crippen LogP contribution in [0.3, 0.4) is 0 Å². The lowest BCUT2D eigenvalue weighted by Crippen LogP contribution is -2.13. The van der Waals surface area contributed by atoms with Gasteiger partial charge in [0.25, 0.3) is 0 Å². The minimum atomic E-state index is -0.441. The van der Waals surface area contributed by atoms with Crippen molar-refractivity contribution in [3.05, 3.63) is 35.1 Å². The Hall–Kier alpha value is -1.40. The van der Waals surface area contributed by atoms with Gasteiger partial charge in [0.1, 0.15) is 11.9 Å². The molecule has 1 aliphatic carbocycles. The van der Waals surface area contributed by atoms with Gasteiger partial charge in [-0.15, -0.1) is 0 Å². The maximum absolute atomic E-state index is 13.7. The van der Waals surface area contributed by atoms with E-state index in [4.69, 9.17) is 10.00 Å². The predicted octanol–water partition coefficient (Wildman–Crippen LogP) is 3.79. The number of rotatable bonds is 4. The molecule has 2 rings (SSSR count). The van der Waals surface area contributed by atoms with Crippen LogP contribution in [0.1, 0.15) is 43.2 Å². The molecule has 1 fully saturated rings.